The molecule has 1 amide bonds. The van der Waals surface area contributed by atoms with E-state index in [-0.39, 0.29) is 29.6 Å². The van der Waals surface area contributed by atoms with Crippen molar-refractivity contribution < 1.29 is 9.90 Å². The molecule has 3 rings (SSSR count). The highest BCUT2D eigenvalue weighted by molar-refractivity contribution is 5.75. The van der Waals surface area contributed by atoms with Crippen LogP contribution in [0.2, 0.25) is 0 Å². The van der Waals surface area contributed by atoms with Crippen LogP contribution >= 0.6 is 0 Å². The molecule has 0 radical (unpaired) electrons. The first-order valence-electron chi connectivity index (χ1n) is 9.90. The largest absolute Gasteiger partial charge is 0.508 e. The van der Waals surface area contributed by atoms with Gasteiger partial charge in [0.1, 0.15) is 18.1 Å². The van der Waals surface area contributed by atoms with Crippen molar-refractivity contribution in [1.29, 1.82) is 0 Å². The second kappa shape index (κ2) is 9.75. The van der Waals surface area contributed by atoms with Gasteiger partial charge in [-0.3, -0.25) is 14.2 Å². The van der Waals surface area contributed by atoms with E-state index in [1.54, 1.807) is 31.3 Å². The number of benzene rings is 1. The van der Waals surface area contributed by atoms with E-state index < -0.39 is 0 Å². The number of nitrogens with two attached hydrogens (primary N) is 1. The first kappa shape index (κ1) is 21.8. The number of phenols is 1. The van der Waals surface area contributed by atoms with Crippen molar-refractivity contribution in [2.75, 3.05) is 17.6 Å². The third-order valence-electron chi connectivity index (χ3n) is 4.89. The highest BCUT2D eigenvalue weighted by atomic mass is 16.3. The Morgan fingerprint density at radius 3 is 2.61 bits per heavy atom. The molecule has 0 bridgehead atoms. The molecule has 9 heteroatoms. The molecule has 0 aliphatic carbocycles. The van der Waals surface area contributed by atoms with Crippen LogP contribution in [-0.4, -0.2) is 32.1 Å². The van der Waals surface area contributed by atoms with E-state index in [4.69, 9.17) is 5.73 Å². The van der Waals surface area contributed by atoms with E-state index in [0.717, 1.165) is 16.8 Å². The van der Waals surface area contributed by atoms with Gasteiger partial charge in [-0.05, 0) is 49.6 Å². The summed E-state index contributed by atoms with van der Waals surface area (Å²) in [5.74, 6) is 0.538. The summed E-state index contributed by atoms with van der Waals surface area (Å²) in [6.45, 7) is 4.24. The number of nitrogens with one attached hydrogen (secondary N) is 2. The van der Waals surface area contributed by atoms with Gasteiger partial charge in [0.15, 0.2) is 5.82 Å². The van der Waals surface area contributed by atoms with E-state index in [0.29, 0.717) is 31.0 Å². The monoisotopic (exact) mass is 422 g/mol. The molecule has 0 atom stereocenters. The summed E-state index contributed by atoms with van der Waals surface area (Å²) in [5.41, 5.74) is 8.51. The van der Waals surface area contributed by atoms with Gasteiger partial charge in [-0.15, -0.1) is 0 Å². The molecule has 2 aromatic heterocycles. The molecule has 0 saturated heterocycles. The maximum Gasteiger partial charge on any atom is 0.293 e. The summed E-state index contributed by atoms with van der Waals surface area (Å²) in [4.78, 5) is 33.5. The first-order valence-corrected chi connectivity index (χ1v) is 9.90. The molecule has 9 nitrogen and oxygen atoms in total. The number of aryl methyl sites for hydroxylation is 2. The second-order valence-electron chi connectivity index (χ2n) is 7.24. The number of nitrogens with zero attached hydrogens (tertiary/aromatic N) is 3. The molecule has 0 aliphatic rings. The number of aromatic hydroxyl groups is 1. The van der Waals surface area contributed by atoms with Gasteiger partial charge in [0, 0.05) is 30.7 Å². The summed E-state index contributed by atoms with van der Waals surface area (Å²) < 4.78 is 1.39. The van der Waals surface area contributed by atoms with Gasteiger partial charge in [-0.25, -0.2) is 9.97 Å². The van der Waals surface area contributed by atoms with Gasteiger partial charge >= 0.3 is 0 Å². The average Bonchev–Trinajstić information content (AvgIpc) is 2.73. The molecule has 31 heavy (non-hydrogen) atoms. The van der Waals surface area contributed by atoms with E-state index in [1.165, 1.54) is 4.57 Å². The van der Waals surface area contributed by atoms with Crippen LogP contribution in [0.25, 0.3) is 0 Å². The Hall–Kier alpha value is -3.88. The summed E-state index contributed by atoms with van der Waals surface area (Å²) >= 11 is 0. The highest BCUT2D eigenvalue weighted by Crippen LogP contribution is 2.10. The Balaban J connectivity index is 1.60. The second-order valence-corrected chi connectivity index (χ2v) is 7.24. The van der Waals surface area contributed by atoms with Gasteiger partial charge in [0.2, 0.25) is 5.91 Å². The fourth-order valence-corrected chi connectivity index (χ4v) is 3.07. The maximum atomic E-state index is 12.8. The molecule has 0 fully saturated rings. The minimum absolute atomic E-state index is 0.110. The number of carbonyl (C=O) groups is 1. The maximum absolute atomic E-state index is 12.8. The fraction of sp³-hybridized carbons (Fsp3) is 0.273. The summed E-state index contributed by atoms with van der Waals surface area (Å²) in [6.07, 6.45) is 2.22. The van der Waals surface area contributed by atoms with Gasteiger partial charge in [-0.2, -0.15) is 0 Å². The minimum Gasteiger partial charge on any atom is -0.508 e. The Bertz CT molecular complexity index is 1130. The van der Waals surface area contributed by atoms with E-state index in [2.05, 4.69) is 20.6 Å². The lowest BCUT2D eigenvalue weighted by Gasteiger charge is -2.13. The number of amides is 1. The van der Waals surface area contributed by atoms with Crippen LogP contribution in [0.4, 0.5) is 11.6 Å². The van der Waals surface area contributed by atoms with Crippen LogP contribution in [0.3, 0.4) is 0 Å². The van der Waals surface area contributed by atoms with Crippen LogP contribution in [0.1, 0.15) is 22.5 Å². The smallest absolute Gasteiger partial charge is 0.293 e. The van der Waals surface area contributed by atoms with E-state index in [1.807, 2.05) is 25.1 Å². The number of anilines is 2. The van der Waals surface area contributed by atoms with Crippen molar-refractivity contribution in [3.05, 3.63) is 75.5 Å². The Morgan fingerprint density at radius 1 is 1.16 bits per heavy atom. The molecule has 0 unspecified atom stereocenters. The van der Waals surface area contributed by atoms with Crippen LogP contribution in [0, 0.1) is 13.8 Å². The predicted molar refractivity (Wildman–Crippen MR) is 119 cm³/mol. The van der Waals surface area contributed by atoms with Crippen LogP contribution in [0.5, 0.6) is 5.75 Å². The number of aromatic nitrogens is 3. The summed E-state index contributed by atoms with van der Waals surface area (Å²) in [7, 11) is 0. The standard InChI is InChI=1S/C22H26N6O3/c1-14-11-26-21(24-10-9-16-3-6-18(29)7-4-16)22(31)28(14)13-20(30)25-12-17-5-8-19(23)27-15(17)2/h3-8,11,29H,9-10,12-13H2,1-2H3,(H2,23,27)(H,24,26)(H,25,30). The number of phenolic OH excluding ortho intramolecular Hbond substituents is 1. The highest BCUT2D eigenvalue weighted by Gasteiger charge is 2.12. The van der Waals surface area contributed by atoms with E-state index >= 15 is 0 Å². The van der Waals surface area contributed by atoms with Crippen LogP contribution < -0.4 is 21.9 Å². The number of hydrogen-bond donors (Lipinski definition) is 4. The molecule has 3 aromatic rings. The van der Waals surface area contributed by atoms with Crippen molar-refractivity contribution in [2.45, 2.75) is 33.4 Å². The minimum atomic E-state index is -0.355. The number of hydrogen-bond acceptors (Lipinski definition) is 7. The zero-order valence-corrected chi connectivity index (χ0v) is 17.6. The quantitative estimate of drug-likeness (QED) is 0.432. The molecule has 1 aromatic carbocycles. The third-order valence-corrected chi connectivity index (χ3v) is 4.89. The Morgan fingerprint density at radius 2 is 1.90 bits per heavy atom. The average molecular weight is 422 g/mol. The van der Waals surface area contributed by atoms with Gasteiger partial charge < -0.3 is 21.5 Å². The molecule has 2 heterocycles. The van der Waals surface area contributed by atoms with Crippen molar-refractivity contribution >= 4 is 17.5 Å². The number of nitrogen functional groups attached to an aromatic ring is 1. The SMILES string of the molecule is Cc1nc(N)ccc1CNC(=O)Cn1c(C)cnc(NCCc2ccc(O)cc2)c1=O. The predicted octanol–water partition coefficient (Wildman–Crippen LogP) is 1.51. The van der Waals surface area contributed by atoms with Crippen molar-refractivity contribution in [2.24, 2.45) is 0 Å². The molecule has 0 spiro atoms. The summed E-state index contributed by atoms with van der Waals surface area (Å²) in [5, 5.41) is 15.2. The number of carbonyl (C=O) groups excluding carboxylic acids is 1. The van der Waals surface area contributed by atoms with Crippen molar-refractivity contribution in [3.63, 3.8) is 0 Å². The normalized spacial score (nSPS) is 10.6. The Labute approximate surface area is 180 Å². The van der Waals surface area contributed by atoms with Crippen molar-refractivity contribution in [3.8, 4) is 5.75 Å². The first-order chi connectivity index (χ1) is 14.8. The van der Waals surface area contributed by atoms with Crippen LogP contribution in [0.15, 0.2) is 47.4 Å². The number of pyridine rings is 1. The number of rotatable bonds is 8. The van der Waals surface area contributed by atoms with Gasteiger partial charge in [-0.1, -0.05) is 18.2 Å². The lowest BCUT2D eigenvalue weighted by molar-refractivity contribution is -0.121. The van der Waals surface area contributed by atoms with Gasteiger partial charge in [0.25, 0.3) is 5.56 Å². The zero-order valence-electron chi connectivity index (χ0n) is 17.6. The molecule has 5 N–H and O–H groups in total. The zero-order chi connectivity index (χ0) is 22.4. The summed E-state index contributed by atoms with van der Waals surface area (Å²) in [6, 6.07) is 10.4. The third kappa shape index (κ3) is 5.81. The van der Waals surface area contributed by atoms with Gasteiger partial charge in [0.05, 0.1) is 0 Å². The van der Waals surface area contributed by atoms with Crippen molar-refractivity contribution in [1.82, 2.24) is 19.9 Å². The lowest BCUT2D eigenvalue weighted by atomic mass is 10.1. The molecular formula is C22H26N6O3. The van der Waals surface area contributed by atoms with Crippen LogP contribution in [-0.2, 0) is 24.3 Å². The molecular weight excluding hydrogens is 396 g/mol. The lowest BCUT2D eigenvalue weighted by Crippen LogP contribution is -2.34. The van der Waals surface area contributed by atoms with E-state index in [9.17, 15) is 14.7 Å². The topological polar surface area (TPSA) is 135 Å². The molecule has 162 valence electrons. The molecule has 0 saturated carbocycles. The molecule has 0 aliphatic heterocycles. The fourth-order valence-electron chi connectivity index (χ4n) is 3.07. The Kier molecular flexibility index (Phi) is 6.86.